The maximum atomic E-state index is 11.7. The quantitative estimate of drug-likeness (QED) is 0.511. The fraction of sp³-hybridized carbons (Fsp3) is 0.467. The zero-order valence-electron chi connectivity index (χ0n) is 12.1. The molecule has 0 aliphatic carbocycles. The maximum Gasteiger partial charge on any atom is 0.326 e. The van der Waals surface area contributed by atoms with Crippen LogP contribution < -0.4 is 5.32 Å². The van der Waals surface area contributed by atoms with Gasteiger partial charge in [0.1, 0.15) is 6.04 Å². The van der Waals surface area contributed by atoms with Gasteiger partial charge in [-0.2, -0.15) is 0 Å². The molecule has 1 aromatic rings. The molecule has 5 nitrogen and oxygen atoms in total. The molecule has 116 valence electrons. The fourth-order valence-electron chi connectivity index (χ4n) is 1.70. The molecule has 1 unspecified atom stereocenters. The van der Waals surface area contributed by atoms with E-state index in [0.717, 1.165) is 5.75 Å². The predicted molar refractivity (Wildman–Crippen MR) is 82.5 cm³/mol. The van der Waals surface area contributed by atoms with Crippen molar-refractivity contribution in [2.24, 2.45) is 0 Å². The lowest BCUT2D eigenvalue weighted by molar-refractivity contribution is -0.142. The van der Waals surface area contributed by atoms with E-state index in [0.29, 0.717) is 19.4 Å². The number of hydrogen-bond acceptors (Lipinski definition) is 4. The number of ether oxygens (including phenoxy) is 1. The number of nitrogens with one attached hydrogen (secondary N) is 1. The van der Waals surface area contributed by atoms with E-state index in [1.54, 1.807) is 11.8 Å². The van der Waals surface area contributed by atoms with Gasteiger partial charge in [0.2, 0.25) is 5.91 Å². The molecular weight excluding hydrogens is 290 g/mol. The molecule has 1 amide bonds. The number of hydrogen-bond donors (Lipinski definition) is 2. The van der Waals surface area contributed by atoms with Crippen molar-refractivity contribution in [3.05, 3.63) is 30.3 Å². The molecule has 21 heavy (non-hydrogen) atoms. The van der Waals surface area contributed by atoms with Gasteiger partial charge in [0.15, 0.2) is 0 Å². The molecule has 1 aromatic carbocycles. The van der Waals surface area contributed by atoms with Crippen LogP contribution in [0.3, 0.4) is 0 Å². The highest BCUT2D eigenvalue weighted by atomic mass is 32.2. The molecule has 0 aliphatic heterocycles. The Bertz CT molecular complexity index is 439. The van der Waals surface area contributed by atoms with Gasteiger partial charge in [-0.1, -0.05) is 18.2 Å². The van der Waals surface area contributed by atoms with Crippen LogP contribution in [0.15, 0.2) is 35.2 Å². The summed E-state index contributed by atoms with van der Waals surface area (Å²) < 4.78 is 4.83. The van der Waals surface area contributed by atoms with Crippen LogP contribution in [0.4, 0.5) is 0 Å². The summed E-state index contributed by atoms with van der Waals surface area (Å²) in [7, 11) is 1.50. The minimum Gasteiger partial charge on any atom is -0.480 e. The summed E-state index contributed by atoms with van der Waals surface area (Å²) in [5.74, 6) is -0.431. The number of methoxy groups -OCH3 is 1. The fourth-order valence-corrected chi connectivity index (χ4v) is 2.57. The summed E-state index contributed by atoms with van der Waals surface area (Å²) >= 11 is 1.69. The number of carboxylic acids is 1. The van der Waals surface area contributed by atoms with Gasteiger partial charge in [0.05, 0.1) is 0 Å². The summed E-state index contributed by atoms with van der Waals surface area (Å²) in [6.45, 7) is 0.307. The van der Waals surface area contributed by atoms with Crippen molar-refractivity contribution in [1.82, 2.24) is 5.32 Å². The number of aliphatic carboxylic acids is 1. The summed E-state index contributed by atoms with van der Waals surface area (Å²) in [5.41, 5.74) is 0. The van der Waals surface area contributed by atoms with E-state index in [1.807, 2.05) is 30.3 Å². The number of carbonyl (C=O) groups excluding carboxylic acids is 1. The Morgan fingerprint density at radius 3 is 2.67 bits per heavy atom. The van der Waals surface area contributed by atoms with E-state index >= 15 is 0 Å². The Kier molecular flexibility index (Phi) is 8.54. The van der Waals surface area contributed by atoms with Crippen molar-refractivity contribution < 1.29 is 19.4 Å². The molecule has 6 heteroatoms. The van der Waals surface area contributed by atoms with E-state index in [1.165, 1.54) is 12.0 Å². The number of rotatable bonds is 10. The summed E-state index contributed by atoms with van der Waals surface area (Å²) in [6, 6.07) is 9.08. The Morgan fingerprint density at radius 1 is 1.33 bits per heavy atom. The number of carboxylic acid groups (broad SMARTS) is 1. The Labute approximate surface area is 129 Å². The molecule has 0 spiro atoms. The van der Waals surface area contributed by atoms with Crippen molar-refractivity contribution in [1.29, 1.82) is 0 Å². The summed E-state index contributed by atoms with van der Waals surface area (Å²) in [6.07, 6.45) is 1.31. The van der Waals surface area contributed by atoms with E-state index in [-0.39, 0.29) is 12.3 Å². The van der Waals surface area contributed by atoms with Crippen LogP contribution in [0.5, 0.6) is 0 Å². The van der Waals surface area contributed by atoms with Gasteiger partial charge in [-0.25, -0.2) is 4.79 Å². The molecular formula is C15H21NO4S. The second-order valence-corrected chi connectivity index (χ2v) is 5.67. The third-order valence-electron chi connectivity index (χ3n) is 2.80. The first-order chi connectivity index (χ1) is 10.1. The van der Waals surface area contributed by atoms with Crippen LogP contribution in [0.2, 0.25) is 0 Å². The Balaban J connectivity index is 2.21. The molecule has 0 aromatic heterocycles. The molecule has 0 radical (unpaired) electrons. The molecule has 0 saturated carbocycles. The number of benzene rings is 1. The highest BCUT2D eigenvalue weighted by Crippen LogP contribution is 2.18. The van der Waals surface area contributed by atoms with Crippen LogP contribution >= 0.6 is 11.8 Å². The van der Waals surface area contributed by atoms with Gasteiger partial charge in [-0.15, -0.1) is 11.8 Å². The second kappa shape index (κ2) is 10.2. The first-order valence-electron chi connectivity index (χ1n) is 6.82. The van der Waals surface area contributed by atoms with Crippen LogP contribution in [0, 0.1) is 0 Å². The van der Waals surface area contributed by atoms with Crippen LogP contribution in [-0.4, -0.2) is 42.5 Å². The SMILES string of the molecule is COCCC(NC(=O)CCCSc1ccccc1)C(=O)O. The third-order valence-corrected chi connectivity index (χ3v) is 3.90. The standard InChI is InChI=1S/C15H21NO4S/c1-20-10-9-13(15(18)19)16-14(17)8-5-11-21-12-6-3-2-4-7-12/h2-4,6-7,13H,5,8-11H2,1H3,(H,16,17)(H,18,19). The van der Waals surface area contributed by atoms with Gasteiger partial charge >= 0.3 is 5.97 Å². The second-order valence-electron chi connectivity index (χ2n) is 4.50. The highest BCUT2D eigenvalue weighted by molar-refractivity contribution is 7.99. The van der Waals surface area contributed by atoms with E-state index in [4.69, 9.17) is 9.84 Å². The van der Waals surface area contributed by atoms with Gasteiger partial charge in [-0.3, -0.25) is 4.79 Å². The number of amides is 1. The zero-order valence-corrected chi connectivity index (χ0v) is 12.9. The number of thioether (sulfide) groups is 1. The minimum absolute atomic E-state index is 0.229. The Hall–Kier alpha value is -1.53. The minimum atomic E-state index is -1.03. The zero-order chi connectivity index (χ0) is 15.5. The molecule has 0 heterocycles. The van der Waals surface area contributed by atoms with Crippen molar-refractivity contribution in [2.45, 2.75) is 30.2 Å². The molecule has 0 fully saturated rings. The van der Waals surface area contributed by atoms with Gasteiger partial charge in [0, 0.05) is 31.5 Å². The molecule has 1 atom stereocenters. The largest absolute Gasteiger partial charge is 0.480 e. The number of carbonyl (C=O) groups is 2. The first kappa shape index (κ1) is 17.5. The molecule has 0 aliphatic rings. The van der Waals surface area contributed by atoms with Crippen LogP contribution in [-0.2, 0) is 14.3 Å². The predicted octanol–water partition coefficient (Wildman–Crippen LogP) is 2.16. The van der Waals surface area contributed by atoms with Crippen LogP contribution in [0.25, 0.3) is 0 Å². The van der Waals surface area contributed by atoms with Crippen molar-refractivity contribution in [3.63, 3.8) is 0 Å². The van der Waals surface area contributed by atoms with Gasteiger partial charge in [-0.05, 0) is 24.3 Å². The molecule has 1 rings (SSSR count). The van der Waals surface area contributed by atoms with E-state index < -0.39 is 12.0 Å². The average molecular weight is 311 g/mol. The first-order valence-corrected chi connectivity index (χ1v) is 7.81. The van der Waals surface area contributed by atoms with Gasteiger partial charge in [0.25, 0.3) is 0 Å². The lowest BCUT2D eigenvalue weighted by Gasteiger charge is -2.13. The van der Waals surface area contributed by atoms with Gasteiger partial charge < -0.3 is 15.2 Å². The Morgan fingerprint density at radius 2 is 2.05 bits per heavy atom. The molecule has 2 N–H and O–H groups in total. The normalized spacial score (nSPS) is 11.9. The van der Waals surface area contributed by atoms with Crippen molar-refractivity contribution >= 4 is 23.6 Å². The van der Waals surface area contributed by atoms with Crippen LogP contribution in [0.1, 0.15) is 19.3 Å². The van der Waals surface area contributed by atoms with E-state index in [2.05, 4.69) is 5.32 Å². The van der Waals surface area contributed by atoms with Crippen molar-refractivity contribution in [2.75, 3.05) is 19.5 Å². The van der Waals surface area contributed by atoms with Crippen molar-refractivity contribution in [3.8, 4) is 0 Å². The van der Waals surface area contributed by atoms with E-state index in [9.17, 15) is 9.59 Å². The topological polar surface area (TPSA) is 75.6 Å². The highest BCUT2D eigenvalue weighted by Gasteiger charge is 2.19. The summed E-state index contributed by atoms with van der Waals surface area (Å²) in [4.78, 5) is 23.9. The smallest absolute Gasteiger partial charge is 0.326 e. The molecule has 0 bridgehead atoms. The summed E-state index contributed by atoms with van der Waals surface area (Å²) in [5, 5.41) is 11.5. The molecule has 0 saturated heterocycles. The maximum absolute atomic E-state index is 11.7. The monoisotopic (exact) mass is 311 g/mol. The average Bonchev–Trinajstić information content (AvgIpc) is 2.48. The lowest BCUT2D eigenvalue weighted by Crippen LogP contribution is -2.41. The third kappa shape index (κ3) is 7.72. The lowest BCUT2D eigenvalue weighted by atomic mass is 10.2.